The molecule has 1 atom stereocenters. The number of carbonyl (C=O) groups is 1. The van der Waals surface area contributed by atoms with Crippen LogP contribution in [0.25, 0.3) is 11.3 Å². The second-order valence-corrected chi connectivity index (χ2v) is 5.15. The smallest absolute Gasteiger partial charge is 0.224 e. The van der Waals surface area contributed by atoms with Crippen molar-refractivity contribution < 1.29 is 4.79 Å². The van der Waals surface area contributed by atoms with Gasteiger partial charge in [-0.05, 0) is 43.1 Å². The second kappa shape index (κ2) is 5.88. The summed E-state index contributed by atoms with van der Waals surface area (Å²) in [6.07, 6.45) is 5.11. The highest BCUT2D eigenvalue weighted by Crippen LogP contribution is 2.19. The fourth-order valence-corrected chi connectivity index (χ4v) is 2.51. The Balaban J connectivity index is 1.59. The molecular weight excluding hydrogens is 252 g/mol. The van der Waals surface area contributed by atoms with E-state index in [4.69, 9.17) is 0 Å². The van der Waals surface area contributed by atoms with E-state index >= 15 is 0 Å². The summed E-state index contributed by atoms with van der Waals surface area (Å²) in [5, 5.41) is 6.22. The number of benzene rings is 1. The number of carbonyl (C=O) groups excluding carboxylic acids is 1. The topological polar surface area (TPSA) is 69.8 Å². The Morgan fingerprint density at radius 1 is 1.35 bits per heavy atom. The van der Waals surface area contributed by atoms with Crippen molar-refractivity contribution in [3.63, 3.8) is 0 Å². The van der Waals surface area contributed by atoms with Crippen LogP contribution in [0, 0.1) is 5.92 Å². The Morgan fingerprint density at radius 2 is 2.20 bits per heavy atom. The lowest BCUT2D eigenvalue weighted by Crippen LogP contribution is -2.18. The molecule has 3 N–H and O–H groups in total. The maximum Gasteiger partial charge on any atom is 0.224 e. The Kier molecular flexibility index (Phi) is 3.78. The van der Waals surface area contributed by atoms with Gasteiger partial charge in [-0.15, -0.1) is 0 Å². The molecule has 1 unspecified atom stereocenters. The number of H-pyrrole nitrogens is 1. The highest BCUT2D eigenvalue weighted by Gasteiger charge is 2.17. The van der Waals surface area contributed by atoms with Crippen molar-refractivity contribution in [2.24, 2.45) is 5.92 Å². The van der Waals surface area contributed by atoms with Crippen LogP contribution >= 0.6 is 0 Å². The molecule has 0 spiro atoms. The largest absolute Gasteiger partial charge is 0.345 e. The van der Waals surface area contributed by atoms with Gasteiger partial charge in [0.25, 0.3) is 0 Å². The highest BCUT2D eigenvalue weighted by molar-refractivity contribution is 5.91. The minimum absolute atomic E-state index is 0.0907. The average molecular weight is 270 g/mol. The molecule has 0 aliphatic carbocycles. The molecule has 1 aliphatic rings. The molecule has 1 aliphatic heterocycles. The number of hydrogen-bond acceptors (Lipinski definition) is 3. The Labute approximate surface area is 117 Å². The highest BCUT2D eigenvalue weighted by atomic mass is 16.1. The fraction of sp³-hybridized carbons (Fsp3) is 0.333. The molecule has 0 saturated carbocycles. The van der Waals surface area contributed by atoms with Crippen LogP contribution in [-0.2, 0) is 4.79 Å². The van der Waals surface area contributed by atoms with E-state index in [-0.39, 0.29) is 5.91 Å². The van der Waals surface area contributed by atoms with Gasteiger partial charge in [-0.25, -0.2) is 4.98 Å². The third-order valence-corrected chi connectivity index (χ3v) is 3.61. The summed E-state index contributed by atoms with van der Waals surface area (Å²) in [4.78, 5) is 19.0. The van der Waals surface area contributed by atoms with E-state index in [0.717, 1.165) is 36.5 Å². The number of anilines is 1. The first-order chi connectivity index (χ1) is 9.81. The molecule has 5 heteroatoms. The number of amides is 1. The van der Waals surface area contributed by atoms with Gasteiger partial charge in [0.15, 0.2) is 0 Å². The zero-order valence-electron chi connectivity index (χ0n) is 11.2. The predicted octanol–water partition coefficient (Wildman–Crippen LogP) is 2.01. The van der Waals surface area contributed by atoms with Crippen LogP contribution in [0.5, 0.6) is 0 Å². The Morgan fingerprint density at radius 3 is 2.85 bits per heavy atom. The van der Waals surface area contributed by atoms with Crippen LogP contribution in [0.4, 0.5) is 5.69 Å². The maximum absolute atomic E-state index is 11.9. The SMILES string of the molecule is O=C(CC1CCNC1)Nc1ccc(-c2cnc[nH]2)cc1. The molecule has 3 rings (SSSR count). The summed E-state index contributed by atoms with van der Waals surface area (Å²) in [6.45, 7) is 1.98. The predicted molar refractivity (Wildman–Crippen MR) is 78.2 cm³/mol. The van der Waals surface area contributed by atoms with Crippen molar-refractivity contribution in [2.75, 3.05) is 18.4 Å². The Hall–Kier alpha value is -2.14. The summed E-state index contributed by atoms with van der Waals surface area (Å²) in [6, 6.07) is 7.78. The van der Waals surface area contributed by atoms with Gasteiger partial charge in [-0.3, -0.25) is 4.79 Å². The third kappa shape index (κ3) is 3.05. The standard InChI is InChI=1S/C15H18N4O/c20-15(7-11-5-6-16-8-11)19-13-3-1-12(2-4-13)14-9-17-10-18-14/h1-4,9-11,16H,5-8H2,(H,17,18)(H,19,20). The first-order valence-electron chi connectivity index (χ1n) is 6.90. The number of aromatic amines is 1. The van der Waals surface area contributed by atoms with Gasteiger partial charge in [0.1, 0.15) is 0 Å². The molecule has 1 aromatic heterocycles. The summed E-state index contributed by atoms with van der Waals surface area (Å²) >= 11 is 0. The van der Waals surface area contributed by atoms with E-state index in [9.17, 15) is 4.79 Å². The lowest BCUT2D eigenvalue weighted by Gasteiger charge is -2.09. The molecule has 1 fully saturated rings. The first kappa shape index (κ1) is 12.9. The van der Waals surface area contributed by atoms with Crippen molar-refractivity contribution in [1.29, 1.82) is 0 Å². The lowest BCUT2D eigenvalue weighted by atomic mass is 10.0. The zero-order valence-corrected chi connectivity index (χ0v) is 11.2. The van der Waals surface area contributed by atoms with E-state index in [0.29, 0.717) is 12.3 Å². The molecule has 0 bridgehead atoms. The van der Waals surface area contributed by atoms with Gasteiger partial charge in [0.05, 0.1) is 18.2 Å². The minimum Gasteiger partial charge on any atom is -0.345 e. The van der Waals surface area contributed by atoms with Crippen LogP contribution in [-0.4, -0.2) is 29.0 Å². The monoisotopic (exact) mass is 270 g/mol. The molecule has 20 heavy (non-hydrogen) atoms. The van der Waals surface area contributed by atoms with Crippen LogP contribution in [0.3, 0.4) is 0 Å². The summed E-state index contributed by atoms with van der Waals surface area (Å²) in [5.41, 5.74) is 2.87. The van der Waals surface area contributed by atoms with Gasteiger partial charge in [0, 0.05) is 12.1 Å². The fourth-order valence-electron chi connectivity index (χ4n) is 2.51. The number of nitrogens with one attached hydrogen (secondary N) is 3. The van der Waals surface area contributed by atoms with Crippen LogP contribution in [0.1, 0.15) is 12.8 Å². The zero-order chi connectivity index (χ0) is 13.8. The van der Waals surface area contributed by atoms with E-state index in [1.165, 1.54) is 0 Å². The minimum atomic E-state index is 0.0907. The normalized spacial score (nSPS) is 18.1. The van der Waals surface area contributed by atoms with Gasteiger partial charge >= 0.3 is 0 Å². The summed E-state index contributed by atoms with van der Waals surface area (Å²) in [7, 11) is 0. The molecule has 1 saturated heterocycles. The van der Waals surface area contributed by atoms with Crippen LogP contribution in [0.2, 0.25) is 0 Å². The lowest BCUT2D eigenvalue weighted by molar-refractivity contribution is -0.116. The molecule has 104 valence electrons. The molecule has 2 aromatic rings. The van der Waals surface area contributed by atoms with Crippen LogP contribution in [0.15, 0.2) is 36.8 Å². The molecule has 2 heterocycles. The van der Waals surface area contributed by atoms with Gasteiger partial charge in [0.2, 0.25) is 5.91 Å². The molecule has 5 nitrogen and oxygen atoms in total. The van der Waals surface area contributed by atoms with Crippen molar-refractivity contribution in [2.45, 2.75) is 12.8 Å². The maximum atomic E-state index is 11.9. The number of nitrogens with zero attached hydrogens (tertiary/aromatic N) is 1. The summed E-state index contributed by atoms with van der Waals surface area (Å²) < 4.78 is 0. The van der Waals surface area contributed by atoms with E-state index in [1.807, 2.05) is 24.3 Å². The molecule has 1 aromatic carbocycles. The van der Waals surface area contributed by atoms with Gasteiger partial charge in [-0.1, -0.05) is 12.1 Å². The molecule has 0 radical (unpaired) electrons. The quantitative estimate of drug-likeness (QED) is 0.796. The number of hydrogen-bond donors (Lipinski definition) is 3. The molecule has 1 amide bonds. The first-order valence-corrected chi connectivity index (χ1v) is 6.90. The average Bonchev–Trinajstić information content (AvgIpc) is 3.12. The van der Waals surface area contributed by atoms with E-state index in [1.54, 1.807) is 12.5 Å². The summed E-state index contributed by atoms with van der Waals surface area (Å²) in [5.74, 6) is 0.562. The molecular formula is C15H18N4O. The van der Waals surface area contributed by atoms with Crippen molar-refractivity contribution in [3.05, 3.63) is 36.8 Å². The van der Waals surface area contributed by atoms with E-state index < -0.39 is 0 Å². The third-order valence-electron chi connectivity index (χ3n) is 3.61. The van der Waals surface area contributed by atoms with Crippen molar-refractivity contribution in [3.8, 4) is 11.3 Å². The number of rotatable bonds is 4. The van der Waals surface area contributed by atoms with Crippen molar-refractivity contribution >= 4 is 11.6 Å². The van der Waals surface area contributed by atoms with Gasteiger partial charge < -0.3 is 15.6 Å². The number of aromatic nitrogens is 2. The Bertz CT molecular complexity index is 556. The van der Waals surface area contributed by atoms with E-state index in [2.05, 4.69) is 20.6 Å². The number of imidazole rings is 1. The second-order valence-electron chi connectivity index (χ2n) is 5.15. The van der Waals surface area contributed by atoms with Gasteiger partial charge in [-0.2, -0.15) is 0 Å². The van der Waals surface area contributed by atoms with Crippen LogP contribution < -0.4 is 10.6 Å². The van der Waals surface area contributed by atoms with Crippen molar-refractivity contribution in [1.82, 2.24) is 15.3 Å².